The fourth-order valence-electron chi connectivity index (χ4n) is 1.54. The van der Waals surface area contributed by atoms with Crippen LogP contribution >= 0.6 is 0 Å². The number of hydrogen-bond donors (Lipinski definition) is 2. The van der Waals surface area contributed by atoms with Gasteiger partial charge in [0.25, 0.3) is 0 Å². The minimum atomic E-state index is -0.119. The van der Waals surface area contributed by atoms with Crippen molar-refractivity contribution in [2.75, 3.05) is 20.3 Å². The van der Waals surface area contributed by atoms with Crippen LogP contribution in [0.2, 0.25) is 0 Å². The average Bonchev–Trinajstić information content (AvgIpc) is 2.90. The molecule has 1 aromatic heterocycles. The van der Waals surface area contributed by atoms with E-state index in [9.17, 15) is 4.79 Å². The third kappa shape index (κ3) is 2.69. The lowest BCUT2D eigenvalue weighted by Gasteiger charge is -2.19. The summed E-state index contributed by atoms with van der Waals surface area (Å²) >= 11 is 0. The second-order valence-corrected chi connectivity index (χ2v) is 3.80. The number of rotatable bonds is 3. The molecule has 1 atom stereocenters. The highest BCUT2D eigenvalue weighted by atomic mass is 16.5. The Hall–Kier alpha value is -1.63. The second-order valence-electron chi connectivity index (χ2n) is 3.80. The van der Waals surface area contributed by atoms with Crippen molar-refractivity contribution in [3.8, 4) is 0 Å². The molecule has 0 spiro atoms. The number of urea groups is 1. The highest BCUT2D eigenvalue weighted by molar-refractivity contribution is 5.74. The summed E-state index contributed by atoms with van der Waals surface area (Å²) in [4.78, 5) is 17.2. The Morgan fingerprint density at radius 2 is 2.69 bits per heavy atom. The van der Waals surface area contributed by atoms with Gasteiger partial charge in [0.2, 0.25) is 0 Å². The molecule has 1 unspecified atom stereocenters. The number of amides is 2. The molecule has 1 fully saturated rings. The Bertz CT molecular complexity index is 334. The van der Waals surface area contributed by atoms with Gasteiger partial charge in [0.1, 0.15) is 12.2 Å². The van der Waals surface area contributed by atoms with Gasteiger partial charge in [-0.05, 0) is 6.42 Å². The molecule has 0 aromatic carbocycles. The van der Waals surface area contributed by atoms with Crippen LogP contribution in [0.25, 0.3) is 0 Å². The highest BCUT2D eigenvalue weighted by Gasteiger charge is 2.19. The first-order valence-electron chi connectivity index (χ1n) is 5.19. The molecule has 2 rings (SSSR count). The van der Waals surface area contributed by atoms with E-state index in [1.54, 1.807) is 11.9 Å². The number of carbonyl (C=O) groups excluding carboxylic acids is 1. The van der Waals surface area contributed by atoms with Gasteiger partial charge in [-0.2, -0.15) is 5.10 Å². The second kappa shape index (κ2) is 4.93. The fraction of sp³-hybridized carbons (Fsp3) is 0.667. The van der Waals surface area contributed by atoms with Gasteiger partial charge in [-0.25, -0.2) is 9.78 Å². The largest absolute Gasteiger partial charge is 0.379 e. The molecule has 1 aromatic rings. The van der Waals surface area contributed by atoms with E-state index in [1.807, 2.05) is 0 Å². The average molecular weight is 225 g/mol. The first-order valence-corrected chi connectivity index (χ1v) is 5.19. The monoisotopic (exact) mass is 225 g/mol. The van der Waals surface area contributed by atoms with Crippen LogP contribution in [0.1, 0.15) is 12.2 Å². The van der Waals surface area contributed by atoms with Crippen molar-refractivity contribution < 1.29 is 9.53 Å². The lowest BCUT2D eigenvalue weighted by Crippen LogP contribution is -2.43. The minimum absolute atomic E-state index is 0.119. The number of nitrogens with one attached hydrogen (secondary N) is 2. The van der Waals surface area contributed by atoms with Gasteiger partial charge in [-0.15, -0.1) is 0 Å². The van der Waals surface area contributed by atoms with Crippen LogP contribution in [0.3, 0.4) is 0 Å². The molecule has 0 aliphatic carbocycles. The van der Waals surface area contributed by atoms with E-state index in [0.29, 0.717) is 19.0 Å². The van der Waals surface area contributed by atoms with E-state index >= 15 is 0 Å². The Balaban J connectivity index is 1.79. The Morgan fingerprint density at radius 3 is 3.31 bits per heavy atom. The number of aromatic amines is 1. The minimum Gasteiger partial charge on any atom is -0.379 e. The maximum Gasteiger partial charge on any atom is 0.317 e. The topological polar surface area (TPSA) is 83.1 Å². The van der Waals surface area contributed by atoms with Crippen molar-refractivity contribution in [1.82, 2.24) is 25.4 Å². The maximum atomic E-state index is 11.7. The number of ether oxygens (including phenoxy) is 1. The number of carbonyl (C=O) groups is 1. The summed E-state index contributed by atoms with van der Waals surface area (Å²) in [7, 11) is 1.72. The van der Waals surface area contributed by atoms with Gasteiger partial charge in [-0.1, -0.05) is 0 Å². The molecule has 2 N–H and O–H groups in total. The molecule has 2 amide bonds. The molecule has 0 bridgehead atoms. The maximum absolute atomic E-state index is 11.7. The summed E-state index contributed by atoms with van der Waals surface area (Å²) in [6, 6.07) is 0.0107. The zero-order chi connectivity index (χ0) is 11.4. The molecule has 88 valence electrons. The van der Waals surface area contributed by atoms with Gasteiger partial charge in [0.15, 0.2) is 0 Å². The first-order chi connectivity index (χ1) is 7.75. The van der Waals surface area contributed by atoms with Crippen LogP contribution in [0.4, 0.5) is 4.79 Å². The smallest absolute Gasteiger partial charge is 0.317 e. The van der Waals surface area contributed by atoms with Gasteiger partial charge in [0.05, 0.1) is 19.2 Å². The summed E-state index contributed by atoms with van der Waals surface area (Å²) in [5.41, 5.74) is 0. The van der Waals surface area contributed by atoms with Crippen LogP contribution in [-0.4, -0.2) is 52.4 Å². The summed E-state index contributed by atoms with van der Waals surface area (Å²) in [6.45, 7) is 1.73. The van der Waals surface area contributed by atoms with Gasteiger partial charge < -0.3 is 15.0 Å². The SMILES string of the molecule is CN(Cc1ncn[nH]1)C(=O)NC1CCOC1. The van der Waals surface area contributed by atoms with Crippen molar-refractivity contribution >= 4 is 6.03 Å². The number of hydrogen-bond acceptors (Lipinski definition) is 4. The van der Waals surface area contributed by atoms with Crippen molar-refractivity contribution in [1.29, 1.82) is 0 Å². The van der Waals surface area contributed by atoms with E-state index in [2.05, 4.69) is 20.5 Å². The molecule has 1 aliphatic heterocycles. The summed E-state index contributed by atoms with van der Waals surface area (Å²) in [5.74, 6) is 0.667. The lowest BCUT2D eigenvalue weighted by atomic mass is 10.3. The van der Waals surface area contributed by atoms with Crippen LogP contribution in [-0.2, 0) is 11.3 Å². The molecule has 0 saturated carbocycles. The molecule has 7 nitrogen and oxygen atoms in total. The van der Waals surface area contributed by atoms with E-state index in [0.717, 1.165) is 13.0 Å². The van der Waals surface area contributed by atoms with Crippen molar-refractivity contribution in [3.05, 3.63) is 12.2 Å². The van der Waals surface area contributed by atoms with Crippen LogP contribution in [0, 0.1) is 0 Å². The first kappa shape index (κ1) is 10.9. The molecule has 16 heavy (non-hydrogen) atoms. The highest BCUT2D eigenvalue weighted by Crippen LogP contribution is 2.04. The van der Waals surface area contributed by atoms with Crippen LogP contribution < -0.4 is 5.32 Å². The van der Waals surface area contributed by atoms with Gasteiger partial charge in [0, 0.05) is 13.7 Å². The van der Waals surface area contributed by atoms with E-state index < -0.39 is 0 Å². The van der Waals surface area contributed by atoms with Crippen molar-refractivity contribution in [2.24, 2.45) is 0 Å². The molecule has 1 saturated heterocycles. The van der Waals surface area contributed by atoms with E-state index in [1.165, 1.54) is 6.33 Å². The normalized spacial score (nSPS) is 19.7. The number of aromatic nitrogens is 3. The Kier molecular flexibility index (Phi) is 3.35. The Labute approximate surface area is 93.2 Å². The Morgan fingerprint density at radius 1 is 1.81 bits per heavy atom. The molecular weight excluding hydrogens is 210 g/mol. The zero-order valence-electron chi connectivity index (χ0n) is 9.14. The standard InChI is InChI=1S/C9H15N5O2/c1-14(4-8-10-6-11-13-8)9(15)12-7-2-3-16-5-7/h6-7H,2-5H2,1H3,(H,12,15)(H,10,11,13). The van der Waals surface area contributed by atoms with E-state index in [4.69, 9.17) is 4.74 Å². The fourth-order valence-corrected chi connectivity index (χ4v) is 1.54. The molecule has 2 heterocycles. The molecule has 7 heteroatoms. The summed E-state index contributed by atoms with van der Waals surface area (Å²) in [6.07, 6.45) is 2.30. The zero-order valence-corrected chi connectivity index (χ0v) is 9.14. The van der Waals surface area contributed by atoms with Gasteiger partial charge >= 0.3 is 6.03 Å². The number of nitrogens with zero attached hydrogens (tertiary/aromatic N) is 3. The third-order valence-electron chi connectivity index (χ3n) is 2.46. The van der Waals surface area contributed by atoms with E-state index in [-0.39, 0.29) is 12.1 Å². The lowest BCUT2D eigenvalue weighted by molar-refractivity contribution is 0.181. The summed E-state index contributed by atoms with van der Waals surface area (Å²) < 4.78 is 5.18. The molecular formula is C9H15N5O2. The molecule has 0 radical (unpaired) electrons. The molecule has 1 aliphatic rings. The number of H-pyrrole nitrogens is 1. The summed E-state index contributed by atoms with van der Waals surface area (Å²) in [5, 5.41) is 9.32. The van der Waals surface area contributed by atoms with Crippen molar-refractivity contribution in [2.45, 2.75) is 19.0 Å². The predicted molar refractivity (Wildman–Crippen MR) is 55.6 cm³/mol. The van der Waals surface area contributed by atoms with Crippen LogP contribution in [0.15, 0.2) is 6.33 Å². The van der Waals surface area contributed by atoms with Crippen LogP contribution in [0.5, 0.6) is 0 Å². The third-order valence-corrected chi connectivity index (χ3v) is 2.46. The van der Waals surface area contributed by atoms with Gasteiger partial charge in [-0.3, -0.25) is 5.10 Å². The quantitative estimate of drug-likeness (QED) is 0.742. The predicted octanol–water partition coefficient (Wildman–Crippen LogP) is -0.265. The van der Waals surface area contributed by atoms with Crippen molar-refractivity contribution in [3.63, 3.8) is 0 Å².